The van der Waals surface area contributed by atoms with Gasteiger partial charge in [0.1, 0.15) is 0 Å². The van der Waals surface area contributed by atoms with E-state index in [-0.39, 0.29) is 22.5 Å². The highest BCUT2D eigenvalue weighted by atomic mass is 79.9. The van der Waals surface area contributed by atoms with Gasteiger partial charge in [-0.3, -0.25) is 0 Å². The standard InChI is InChI=1S/C25H53N.BrH/c1-5-9-10-11-12-13-14-15-16-17-18-19-21-24(20-6-2)25(26,22-7-3)23-8-4;/h24H,5-23,26H2,1-4H3;1H. The lowest BCUT2D eigenvalue weighted by Gasteiger charge is -2.38. The molecule has 0 aromatic heterocycles. The molecular formula is C25H54BrN. The van der Waals surface area contributed by atoms with Crippen LogP contribution in [0.25, 0.3) is 0 Å². The molecule has 0 aliphatic rings. The molecule has 0 saturated heterocycles. The van der Waals surface area contributed by atoms with Gasteiger partial charge in [-0.25, -0.2) is 0 Å². The molecule has 1 unspecified atom stereocenters. The van der Waals surface area contributed by atoms with Crippen LogP contribution in [0.15, 0.2) is 0 Å². The van der Waals surface area contributed by atoms with E-state index in [0.29, 0.717) is 0 Å². The number of hydrogen-bond donors (Lipinski definition) is 1. The van der Waals surface area contributed by atoms with Crippen molar-refractivity contribution in [2.75, 3.05) is 0 Å². The molecule has 0 heterocycles. The number of hydrogen-bond acceptors (Lipinski definition) is 1. The molecule has 27 heavy (non-hydrogen) atoms. The maximum absolute atomic E-state index is 6.89. The minimum absolute atomic E-state index is 0. The number of rotatable bonds is 20. The van der Waals surface area contributed by atoms with Gasteiger partial charge in [-0.1, -0.05) is 124 Å². The summed E-state index contributed by atoms with van der Waals surface area (Å²) >= 11 is 0. The predicted molar refractivity (Wildman–Crippen MR) is 131 cm³/mol. The number of nitrogens with two attached hydrogens (primary N) is 1. The first-order chi connectivity index (χ1) is 12.6. The lowest BCUT2D eigenvalue weighted by molar-refractivity contribution is 0.200. The van der Waals surface area contributed by atoms with Crippen LogP contribution >= 0.6 is 17.0 Å². The summed E-state index contributed by atoms with van der Waals surface area (Å²) in [6.07, 6.45) is 26.1. The Labute approximate surface area is 183 Å². The average Bonchev–Trinajstić information content (AvgIpc) is 2.62. The highest BCUT2D eigenvalue weighted by Crippen LogP contribution is 2.33. The second-order valence-electron chi connectivity index (χ2n) is 8.90. The SMILES string of the molecule is Br.CCCCCCCCCCCCCCC(CCC)C(N)(CCC)CCC. The molecule has 1 atom stereocenters. The molecule has 0 rings (SSSR count). The molecule has 0 spiro atoms. The van der Waals surface area contributed by atoms with Crippen molar-refractivity contribution in [3.8, 4) is 0 Å². The van der Waals surface area contributed by atoms with E-state index < -0.39 is 0 Å². The van der Waals surface area contributed by atoms with E-state index in [9.17, 15) is 0 Å². The Morgan fingerprint density at radius 2 is 0.926 bits per heavy atom. The minimum Gasteiger partial charge on any atom is -0.325 e. The molecule has 0 radical (unpaired) electrons. The van der Waals surface area contributed by atoms with Gasteiger partial charge < -0.3 is 5.73 Å². The van der Waals surface area contributed by atoms with E-state index in [2.05, 4.69) is 27.7 Å². The van der Waals surface area contributed by atoms with Gasteiger partial charge in [-0.05, 0) is 31.6 Å². The summed E-state index contributed by atoms with van der Waals surface area (Å²) in [5.74, 6) is 0.746. The van der Waals surface area contributed by atoms with Crippen LogP contribution < -0.4 is 5.73 Å². The number of unbranched alkanes of at least 4 members (excludes halogenated alkanes) is 11. The Hall–Kier alpha value is 0.440. The van der Waals surface area contributed by atoms with Gasteiger partial charge in [0.2, 0.25) is 0 Å². The van der Waals surface area contributed by atoms with Gasteiger partial charge in [0.05, 0.1) is 0 Å². The molecule has 1 nitrogen and oxygen atoms in total. The largest absolute Gasteiger partial charge is 0.325 e. The van der Waals surface area contributed by atoms with Gasteiger partial charge in [-0.2, -0.15) is 0 Å². The third-order valence-corrected chi connectivity index (χ3v) is 6.29. The molecule has 0 bridgehead atoms. The van der Waals surface area contributed by atoms with Crippen molar-refractivity contribution in [3.05, 3.63) is 0 Å². The summed E-state index contributed by atoms with van der Waals surface area (Å²) in [6.45, 7) is 9.22. The fraction of sp³-hybridized carbons (Fsp3) is 1.00. The van der Waals surface area contributed by atoms with Crippen molar-refractivity contribution in [3.63, 3.8) is 0 Å². The highest BCUT2D eigenvalue weighted by Gasteiger charge is 2.31. The van der Waals surface area contributed by atoms with Crippen LogP contribution in [-0.2, 0) is 0 Å². The molecule has 0 aromatic carbocycles. The summed E-state index contributed by atoms with van der Waals surface area (Å²) < 4.78 is 0. The molecule has 0 fully saturated rings. The first kappa shape index (κ1) is 29.6. The van der Waals surface area contributed by atoms with E-state index in [4.69, 9.17) is 5.73 Å². The van der Waals surface area contributed by atoms with E-state index in [0.717, 1.165) is 5.92 Å². The molecule has 0 saturated carbocycles. The maximum atomic E-state index is 6.89. The smallest absolute Gasteiger partial charge is 0.0182 e. The lowest BCUT2D eigenvalue weighted by atomic mass is 9.73. The van der Waals surface area contributed by atoms with Crippen LogP contribution in [0.5, 0.6) is 0 Å². The molecule has 166 valence electrons. The molecule has 2 heteroatoms. The molecular weight excluding hydrogens is 394 g/mol. The van der Waals surface area contributed by atoms with Crippen molar-refractivity contribution in [2.24, 2.45) is 11.7 Å². The van der Waals surface area contributed by atoms with Gasteiger partial charge in [-0.15, -0.1) is 17.0 Å². The van der Waals surface area contributed by atoms with Crippen LogP contribution in [0, 0.1) is 5.92 Å². The zero-order chi connectivity index (χ0) is 19.5. The quantitative estimate of drug-likeness (QED) is 0.184. The molecule has 0 amide bonds. The van der Waals surface area contributed by atoms with Crippen LogP contribution in [0.4, 0.5) is 0 Å². The molecule has 2 N–H and O–H groups in total. The normalized spacial score (nSPS) is 12.8. The van der Waals surface area contributed by atoms with Crippen LogP contribution in [0.1, 0.15) is 150 Å². The molecule has 0 aliphatic heterocycles. The Morgan fingerprint density at radius 3 is 1.30 bits per heavy atom. The molecule has 0 aromatic rings. The van der Waals surface area contributed by atoms with Crippen LogP contribution in [-0.4, -0.2) is 5.54 Å². The Balaban J connectivity index is 0. The fourth-order valence-corrected chi connectivity index (χ4v) is 4.76. The van der Waals surface area contributed by atoms with Crippen LogP contribution in [0.3, 0.4) is 0 Å². The van der Waals surface area contributed by atoms with Crippen molar-refractivity contribution in [1.29, 1.82) is 0 Å². The number of halogens is 1. The van der Waals surface area contributed by atoms with Crippen molar-refractivity contribution in [1.82, 2.24) is 0 Å². The van der Waals surface area contributed by atoms with E-state index in [1.807, 2.05) is 0 Å². The lowest BCUT2D eigenvalue weighted by Crippen LogP contribution is -2.47. The summed E-state index contributed by atoms with van der Waals surface area (Å²) in [4.78, 5) is 0. The molecule has 0 aliphatic carbocycles. The monoisotopic (exact) mass is 447 g/mol. The minimum atomic E-state index is 0. The van der Waals surface area contributed by atoms with E-state index in [1.165, 1.54) is 122 Å². The average molecular weight is 449 g/mol. The van der Waals surface area contributed by atoms with Gasteiger partial charge in [0.25, 0.3) is 0 Å². The second kappa shape index (κ2) is 21.2. The summed E-state index contributed by atoms with van der Waals surface area (Å²) in [5, 5.41) is 0. The first-order valence-electron chi connectivity index (χ1n) is 12.4. The summed E-state index contributed by atoms with van der Waals surface area (Å²) in [6, 6.07) is 0. The maximum Gasteiger partial charge on any atom is 0.0182 e. The Bertz CT molecular complexity index is 273. The Kier molecular flexibility index (Phi) is 23.2. The second-order valence-corrected chi connectivity index (χ2v) is 8.90. The Morgan fingerprint density at radius 1 is 0.519 bits per heavy atom. The highest BCUT2D eigenvalue weighted by molar-refractivity contribution is 8.93. The van der Waals surface area contributed by atoms with Crippen LogP contribution in [0.2, 0.25) is 0 Å². The summed E-state index contributed by atoms with van der Waals surface area (Å²) in [5.41, 5.74) is 7.00. The van der Waals surface area contributed by atoms with Crippen molar-refractivity contribution >= 4 is 17.0 Å². The van der Waals surface area contributed by atoms with Gasteiger partial charge in [0, 0.05) is 5.54 Å². The summed E-state index contributed by atoms with van der Waals surface area (Å²) in [7, 11) is 0. The van der Waals surface area contributed by atoms with Gasteiger partial charge >= 0.3 is 0 Å². The van der Waals surface area contributed by atoms with Crippen molar-refractivity contribution in [2.45, 2.75) is 155 Å². The zero-order valence-corrected chi connectivity index (χ0v) is 21.2. The third kappa shape index (κ3) is 16.0. The van der Waals surface area contributed by atoms with Crippen molar-refractivity contribution < 1.29 is 0 Å². The third-order valence-electron chi connectivity index (χ3n) is 6.29. The van der Waals surface area contributed by atoms with E-state index >= 15 is 0 Å². The predicted octanol–water partition coefficient (Wildman–Crippen LogP) is 9.37. The van der Waals surface area contributed by atoms with Gasteiger partial charge in [0.15, 0.2) is 0 Å². The van der Waals surface area contributed by atoms with E-state index in [1.54, 1.807) is 0 Å². The first-order valence-corrected chi connectivity index (χ1v) is 12.4. The fourth-order valence-electron chi connectivity index (χ4n) is 4.76. The zero-order valence-electron chi connectivity index (χ0n) is 19.5. The topological polar surface area (TPSA) is 26.0 Å².